The highest BCUT2D eigenvalue weighted by atomic mass is 32.2. The first-order chi connectivity index (χ1) is 7.98. The Kier molecular flexibility index (Phi) is 3.41. The molecule has 1 fully saturated rings. The molecule has 1 atom stereocenters. The standard InChI is InChI=1S/C10H15N3O3S/c1-8-3-4-11-10(12-8)9-7-16-6-5-13(9)17(2,14)15/h3-4,9H,5-7H2,1-2H3. The fourth-order valence-electron chi connectivity index (χ4n) is 1.82. The Morgan fingerprint density at radius 3 is 2.94 bits per heavy atom. The highest BCUT2D eigenvalue weighted by Crippen LogP contribution is 2.23. The molecule has 17 heavy (non-hydrogen) atoms. The Hall–Kier alpha value is -1.05. The van der Waals surface area contributed by atoms with Gasteiger partial charge in [0.05, 0.1) is 19.5 Å². The van der Waals surface area contributed by atoms with E-state index in [9.17, 15) is 8.42 Å². The molecule has 0 radical (unpaired) electrons. The molecule has 0 aromatic carbocycles. The van der Waals surface area contributed by atoms with Gasteiger partial charge in [0.2, 0.25) is 10.0 Å². The average molecular weight is 257 g/mol. The second-order valence-corrected chi connectivity index (χ2v) is 5.96. The van der Waals surface area contributed by atoms with Gasteiger partial charge in [0.1, 0.15) is 11.9 Å². The third-order valence-electron chi connectivity index (χ3n) is 2.62. The number of aromatic nitrogens is 2. The molecular weight excluding hydrogens is 242 g/mol. The minimum Gasteiger partial charge on any atom is -0.378 e. The maximum atomic E-state index is 11.7. The topological polar surface area (TPSA) is 72.4 Å². The monoisotopic (exact) mass is 257 g/mol. The summed E-state index contributed by atoms with van der Waals surface area (Å²) in [5.74, 6) is 0.495. The molecule has 2 heterocycles. The molecule has 0 aliphatic carbocycles. The van der Waals surface area contributed by atoms with Crippen molar-refractivity contribution >= 4 is 10.0 Å². The van der Waals surface area contributed by atoms with Gasteiger partial charge in [-0.1, -0.05) is 0 Å². The molecule has 1 unspecified atom stereocenters. The van der Waals surface area contributed by atoms with Crippen molar-refractivity contribution in [1.82, 2.24) is 14.3 Å². The zero-order chi connectivity index (χ0) is 12.5. The van der Waals surface area contributed by atoms with Crippen LogP contribution in [0, 0.1) is 6.92 Å². The van der Waals surface area contributed by atoms with Crippen molar-refractivity contribution in [2.75, 3.05) is 26.0 Å². The number of morpholine rings is 1. The second kappa shape index (κ2) is 4.67. The fourth-order valence-corrected chi connectivity index (χ4v) is 2.84. The van der Waals surface area contributed by atoms with E-state index in [1.807, 2.05) is 6.92 Å². The predicted molar refractivity (Wildman–Crippen MR) is 61.9 cm³/mol. The van der Waals surface area contributed by atoms with Gasteiger partial charge in [0.15, 0.2) is 0 Å². The van der Waals surface area contributed by atoms with E-state index in [1.54, 1.807) is 12.3 Å². The van der Waals surface area contributed by atoms with Crippen LogP contribution in [-0.2, 0) is 14.8 Å². The van der Waals surface area contributed by atoms with Crippen LogP contribution < -0.4 is 0 Å². The van der Waals surface area contributed by atoms with Gasteiger partial charge in [0, 0.05) is 18.4 Å². The van der Waals surface area contributed by atoms with Crippen LogP contribution in [0.25, 0.3) is 0 Å². The fraction of sp³-hybridized carbons (Fsp3) is 0.600. The van der Waals surface area contributed by atoms with E-state index in [0.29, 0.717) is 25.6 Å². The minimum atomic E-state index is -3.26. The Labute approximate surface area is 101 Å². The SMILES string of the molecule is Cc1ccnc(C2COCCN2S(C)(=O)=O)n1. The lowest BCUT2D eigenvalue weighted by Crippen LogP contribution is -2.43. The molecule has 1 aromatic rings. The van der Waals surface area contributed by atoms with Crippen LogP contribution in [0.2, 0.25) is 0 Å². The van der Waals surface area contributed by atoms with E-state index in [0.717, 1.165) is 5.69 Å². The lowest BCUT2D eigenvalue weighted by atomic mass is 10.2. The molecule has 0 amide bonds. The van der Waals surface area contributed by atoms with E-state index >= 15 is 0 Å². The number of hydrogen-bond acceptors (Lipinski definition) is 5. The van der Waals surface area contributed by atoms with Crippen molar-refractivity contribution < 1.29 is 13.2 Å². The molecule has 7 heteroatoms. The van der Waals surface area contributed by atoms with Gasteiger partial charge in [-0.15, -0.1) is 0 Å². The first kappa shape index (κ1) is 12.4. The largest absolute Gasteiger partial charge is 0.378 e. The number of sulfonamides is 1. The average Bonchev–Trinajstić information content (AvgIpc) is 2.28. The molecule has 1 aliphatic rings. The summed E-state index contributed by atoms with van der Waals surface area (Å²) >= 11 is 0. The summed E-state index contributed by atoms with van der Waals surface area (Å²) in [5.41, 5.74) is 0.814. The number of rotatable bonds is 2. The summed E-state index contributed by atoms with van der Waals surface area (Å²) in [6.07, 6.45) is 2.83. The van der Waals surface area contributed by atoms with Crippen LogP contribution in [0.3, 0.4) is 0 Å². The van der Waals surface area contributed by atoms with Crippen molar-refractivity contribution in [1.29, 1.82) is 0 Å². The normalized spacial score (nSPS) is 22.6. The summed E-state index contributed by atoms with van der Waals surface area (Å²) in [5, 5.41) is 0. The Bertz CT molecular complexity index is 503. The smallest absolute Gasteiger partial charge is 0.212 e. The van der Waals surface area contributed by atoms with Crippen molar-refractivity contribution in [2.45, 2.75) is 13.0 Å². The van der Waals surface area contributed by atoms with Crippen molar-refractivity contribution in [2.24, 2.45) is 0 Å². The quantitative estimate of drug-likeness (QED) is 0.752. The van der Waals surface area contributed by atoms with Crippen LogP contribution in [0.4, 0.5) is 0 Å². The summed E-state index contributed by atoms with van der Waals surface area (Å²) < 4.78 is 30.0. The Balaban J connectivity index is 2.34. The number of nitrogens with zero attached hydrogens (tertiary/aromatic N) is 3. The van der Waals surface area contributed by atoms with Gasteiger partial charge in [-0.2, -0.15) is 4.31 Å². The lowest BCUT2D eigenvalue weighted by Gasteiger charge is -2.32. The zero-order valence-electron chi connectivity index (χ0n) is 9.83. The molecule has 1 aromatic heterocycles. The number of ether oxygens (including phenoxy) is 1. The molecular formula is C10H15N3O3S. The number of aryl methyl sites for hydroxylation is 1. The summed E-state index contributed by atoms with van der Waals surface area (Å²) in [4.78, 5) is 8.39. The van der Waals surface area contributed by atoms with E-state index in [4.69, 9.17) is 4.74 Å². The van der Waals surface area contributed by atoms with Crippen molar-refractivity contribution in [3.63, 3.8) is 0 Å². The van der Waals surface area contributed by atoms with Gasteiger partial charge in [0.25, 0.3) is 0 Å². The molecule has 1 saturated heterocycles. The van der Waals surface area contributed by atoms with E-state index in [2.05, 4.69) is 9.97 Å². The Morgan fingerprint density at radius 2 is 2.29 bits per heavy atom. The highest BCUT2D eigenvalue weighted by Gasteiger charge is 2.33. The molecule has 6 nitrogen and oxygen atoms in total. The number of hydrogen-bond donors (Lipinski definition) is 0. The molecule has 94 valence electrons. The van der Waals surface area contributed by atoms with Crippen LogP contribution in [0.5, 0.6) is 0 Å². The van der Waals surface area contributed by atoms with Gasteiger partial charge >= 0.3 is 0 Å². The van der Waals surface area contributed by atoms with Crippen molar-refractivity contribution in [3.8, 4) is 0 Å². The summed E-state index contributed by atoms with van der Waals surface area (Å²) in [6.45, 7) is 2.91. The summed E-state index contributed by atoms with van der Waals surface area (Å²) in [7, 11) is -3.26. The van der Waals surface area contributed by atoms with E-state index in [-0.39, 0.29) is 0 Å². The van der Waals surface area contributed by atoms with Crippen LogP contribution in [-0.4, -0.2) is 48.7 Å². The third kappa shape index (κ3) is 2.80. The molecule has 0 bridgehead atoms. The van der Waals surface area contributed by atoms with E-state index < -0.39 is 16.1 Å². The molecule has 0 spiro atoms. The van der Waals surface area contributed by atoms with Gasteiger partial charge < -0.3 is 4.74 Å². The maximum absolute atomic E-state index is 11.7. The van der Waals surface area contributed by atoms with Crippen LogP contribution in [0.15, 0.2) is 12.3 Å². The first-order valence-electron chi connectivity index (χ1n) is 5.32. The summed E-state index contributed by atoms with van der Waals surface area (Å²) in [6, 6.07) is 1.36. The van der Waals surface area contributed by atoms with Gasteiger partial charge in [-0.25, -0.2) is 18.4 Å². The molecule has 2 rings (SSSR count). The van der Waals surface area contributed by atoms with Gasteiger partial charge in [-0.3, -0.25) is 0 Å². The van der Waals surface area contributed by atoms with E-state index in [1.165, 1.54) is 10.6 Å². The highest BCUT2D eigenvalue weighted by molar-refractivity contribution is 7.88. The third-order valence-corrected chi connectivity index (χ3v) is 3.91. The molecule has 0 N–H and O–H groups in total. The van der Waals surface area contributed by atoms with Crippen LogP contribution >= 0.6 is 0 Å². The first-order valence-corrected chi connectivity index (χ1v) is 7.17. The predicted octanol–water partition coefficient (Wildman–Crippen LogP) is 0.118. The Morgan fingerprint density at radius 1 is 1.53 bits per heavy atom. The lowest BCUT2D eigenvalue weighted by molar-refractivity contribution is 0.0292. The zero-order valence-corrected chi connectivity index (χ0v) is 10.6. The van der Waals surface area contributed by atoms with Gasteiger partial charge in [-0.05, 0) is 13.0 Å². The maximum Gasteiger partial charge on any atom is 0.212 e. The second-order valence-electron chi connectivity index (χ2n) is 4.02. The van der Waals surface area contributed by atoms with Crippen molar-refractivity contribution in [3.05, 3.63) is 23.8 Å². The minimum absolute atomic E-state index is 0.302. The molecule has 1 aliphatic heterocycles. The molecule has 0 saturated carbocycles. The van der Waals surface area contributed by atoms with Crippen LogP contribution in [0.1, 0.15) is 17.6 Å².